The molecular formula is C18H19FN2O2S. The predicted octanol–water partition coefficient (Wildman–Crippen LogP) is 4.05. The topological polar surface area (TPSA) is 50.4 Å². The first-order valence-corrected chi connectivity index (χ1v) is 8.00. The van der Waals surface area contributed by atoms with Gasteiger partial charge in [-0.3, -0.25) is 0 Å². The number of anilines is 1. The van der Waals surface area contributed by atoms with E-state index in [0.717, 1.165) is 5.56 Å². The van der Waals surface area contributed by atoms with E-state index in [0.29, 0.717) is 23.0 Å². The average Bonchev–Trinajstić information content (AvgIpc) is 2.55. The molecule has 0 aliphatic rings. The Kier molecular flexibility index (Phi) is 6.26. The van der Waals surface area contributed by atoms with E-state index in [2.05, 4.69) is 10.6 Å². The van der Waals surface area contributed by atoms with Crippen LogP contribution in [0.15, 0.2) is 48.5 Å². The molecule has 4 nitrogen and oxygen atoms in total. The molecule has 0 amide bonds. The normalized spacial score (nSPS) is 11.5. The number of carbonyl (C=O) groups is 1. The van der Waals surface area contributed by atoms with Crippen LogP contribution < -0.4 is 10.6 Å². The fourth-order valence-corrected chi connectivity index (χ4v) is 2.43. The third kappa shape index (κ3) is 5.03. The summed E-state index contributed by atoms with van der Waals surface area (Å²) < 4.78 is 17.9. The van der Waals surface area contributed by atoms with Crippen molar-refractivity contribution in [3.63, 3.8) is 0 Å². The number of carbonyl (C=O) groups excluding carboxylic acids is 1. The minimum atomic E-state index is -0.375. The maximum absolute atomic E-state index is 13.0. The smallest absolute Gasteiger partial charge is 0.338 e. The van der Waals surface area contributed by atoms with Gasteiger partial charge in [0, 0.05) is 5.69 Å². The number of hydrogen-bond acceptors (Lipinski definition) is 3. The number of thiocarbonyl (C=S) groups is 1. The van der Waals surface area contributed by atoms with E-state index in [9.17, 15) is 9.18 Å². The molecule has 6 heteroatoms. The Labute approximate surface area is 146 Å². The van der Waals surface area contributed by atoms with E-state index in [1.54, 1.807) is 43.3 Å². The van der Waals surface area contributed by atoms with E-state index in [1.807, 2.05) is 6.92 Å². The Morgan fingerprint density at radius 1 is 1.25 bits per heavy atom. The highest BCUT2D eigenvalue weighted by molar-refractivity contribution is 7.80. The van der Waals surface area contributed by atoms with Gasteiger partial charge in [-0.2, -0.15) is 0 Å². The van der Waals surface area contributed by atoms with Crippen molar-refractivity contribution in [3.8, 4) is 0 Å². The maximum Gasteiger partial charge on any atom is 0.338 e. The van der Waals surface area contributed by atoms with Crippen molar-refractivity contribution < 1.29 is 13.9 Å². The summed E-state index contributed by atoms with van der Waals surface area (Å²) in [5.74, 6) is -0.651. The van der Waals surface area contributed by atoms with Crippen LogP contribution in [0.4, 0.5) is 10.1 Å². The van der Waals surface area contributed by atoms with Crippen molar-refractivity contribution in [1.29, 1.82) is 0 Å². The molecular weight excluding hydrogens is 327 g/mol. The number of rotatable bonds is 5. The lowest BCUT2D eigenvalue weighted by molar-refractivity contribution is 0.0526. The second-order valence-corrected chi connectivity index (χ2v) is 5.58. The second kappa shape index (κ2) is 8.40. The lowest BCUT2D eigenvalue weighted by Crippen LogP contribution is -2.30. The number of nitrogens with one attached hydrogen (secondary N) is 2. The van der Waals surface area contributed by atoms with Crippen LogP contribution in [0.5, 0.6) is 0 Å². The summed E-state index contributed by atoms with van der Waals surface area (Å²) in [6, 6.07) is 13.1. The number of halogens is 1. The summed E-state index contributed by atoms with van der Waals surface area (Å²) in [4.78, 5) is 11.7. The molecule has 2 aromatic rings. The number of ether oxygens (including phenoxy) is 1. The van der Waals surface area contributed by atoms with Gasteiger partial charge in [-0.05, 0) is 62.0 Å². The van der Waals surface area contributed by atoms with E-state index < -0.39 is 0 Å². The molecule has 0 saturated carbocycles. The maximum atomic E-state index is 13.0. The standard InChI is InChI=1S/C18H19FN2O2S/c1-3-23-17(22)14-5-4-6-16(11-14)21-18(24)20-12(2)13-7-9-15(19)10-8-13/h4-12H,3H2,1-2H3,(H2,20,21,24)/t12-/m0/s1. The summed E-state index contributed by atoms with van der Waals surface area (Å²) in [7, 11) is 0. The van der Waals surface area contributed by atoms with E-state index in [4.69, 9.17) is 17.0 Å². The molecule has 2 aromatic carbocycles. The van der Waals surface area contributed by atoms with Crippen LogP contribution in [0, 0.1) is 5.82 Å². The third-order valence-electron chi connectivity index (χ3n) is 3.35. The van der Waals surface area contributed by atoms with Crippen LogP contribution >= 0.6 is 12.2 Å². The molecule has 2 N–H and O–H groups in total. The van der Waals surface area contributed by atoms with Crippen molar-refractivity contribution in [1.82, 2.24) is 5.32 Å². The molecule has 0 unspecified atom stereocenters. The molecule has 0 aliphatic heterocycles. The number of esters is 1. The summed E-state index contributed by atoms with van der Waals surface area (Å²) in [5.41, 5.74) is 2.06. The third-order valence-corrected chi connectivity index (χ3v) is 3.57. The highest BCUT2D eigenvalue weighted by Crippen LogP contribution is 2.15. The number of hydrogen-bond donors (Lipinski definition) is 2. The fourth-order valence-electron chi connectivity index (χ4n) is 2.14. The Morgan fingerprint density at radius 2 is 1.96 bits per heavy atom. The van der Waals surface area contributed by atoms with Gasteiger partial charge in [0.2, 0.25) is 0 Å². The molecule has 0 aromatic heterocycles. The van der Waals surface area contributed by atoms with Crippen molar-refractivity contribution >= 4 is 29.0 Å². The zero-order chi connectivity index (χ0) is 17.5. The lowest BCUT2D eigenvalue weighted by atomic mass is 10.1. The van der Waals surface area contributed by atoms with Gasteiger partial charge in [-0.25, -0.2) is 9.18 Å². The molecule has 0 radical (unpaired) electrons. The van der Waals surface area contributed by atoms with Gasteiger partial charge in [-0.1, -0.05) is 18.2 Å². The summed E-state index contributed by atoms with van der Waals surface area (Å²) >= 11 is 5.29. The first-order valence-electron chi connectivity index (χ1n) is 7.59. The van der Waals surface area contributed by atoms with E-state index in [-0.39, 0.29) is 17.8 Å². The van der Waals surface area contributed by atoms with Crippen LogP contribution in [0.3, 0.4) is 0 Å². The first-order chi connectivity index (χ1) is 11.5. The highest BCUT2D eigenvalue weighted by atomic mass is 32.1. The van der Waals surface area contributed by atoms with Crippen molar-refractivity contribution in [2.45, 2.75) is 19.9 Å². The molecule has 24 heavy (non-hydrogen) atoms. The molecule has 1 atom stereocenters. The van der Waals surface area contributed by atoms with Crippen molar-refractivity contribution in [2.24, 2.45) is 0 Å². The monoisotopic (exact) mass is 346 g/mol. The average molecular weight is 346 g/mol. The Balaban J connectivity index is 1.98. The second-order valence-electron chi connectivity index (χ2n) is 5.17. The summed E-state index contributed by atoms with van der Waals surface area (Å²) in [6.45, 7) is 4.01. The van der Waals surface area contributed by atoms with Crippen molar-refractivity contribution in [2.75, 3.05) is 11.9 Å². The van der Waals surface area contributed by atoms with Gasteiger partial charge in [0.05, 0.1) is 18.2 Å². The van der Waals surface area contributed by atoms with Crippen molar-refractivity contribution in [3.05, 3.63) is 65.5 Å². The van der Waals surface area contributed by atoms with Gasteiger partial charge in [0.25, 0.3) is 0 Å². The first kappa shape index (κ1) is 17.9. The lowest BCUT2D eigenvalue weighted by Gasteiger charge is -2.17. The molecule has 0 saturated heterocycles. The molecule has 0 heterocycles. The zero-order valence-corrected chi connectivity index (χ0v) is 14.3. The zero-order valence-electron chi connectivity index (χ0n) is 13.5. The number of benzene rings is 2. The molecule has 126 valence electrons. The molecule has 2 rings (SSSR count). The molecule has 0 spiro atoms. The van der Waals surface area contributed by atoms with Crippen LogP contribution in [0.25, 0.3) is 0 Å². The van der Waals surface area contributed by atoms with Gasteiger partial charge in [0.1, 0.15) is 5.82 Å². The van der Waals surface area contributed by atoms with Gasteiger partial charge in [-0.15, -0.1) is 0 Å². The molecule has 0 fully saturated rings. The Morgan fingerprint density at radius 3 is 2.62 bits per heavy atom. The minimum absolute atomic E-state index is 0.0844. The fraction of sp³-hybridized carbons (Fsp3) is 0.222. The minimum Gasteiger partial charge on any atom is -0.462 e. The summed E-state index contributed by atoms with van der Waals surface area (Å²) in [6.07, 6.45) is 0. The summed E-state index contributed by atoms with van der Waals surface area (Å²) in [5, 5.41) is 6.56. The van der Waals surface area contributed by atoms with Crippen LogP contribution in [-0.2, 0) is 4.74 Å². The van der Waals surface area contributed by atoms with E-state index >= 15 is 0 Å². The van der Waals surface area contributed by atoms with Crippen LogP contribution in [0.2, 0.25) is 0 Å². The SMILES string of the molecule is CCOC(=O)c1cccc(NC(=S)N[C@@H](C)c2ccc(F)cc2)c1. The van der Waals surface area contributed by atoms with Crippen LogP contribution in [-0.4, -0.2) is 17.7 Å². The quantitative estimate of drug-likeness (QED) is 0.632. The molecule has 0 bridgehead atoms. The Bertz CT molecular complexity index is 719. The largest absolute Gasteiger partial charge is 0.462 e. The van der Waals surface area contributed by atoms with Crippen LogP contribution in [0.1, 0.15) is 35.8 Å². The predicted molar refractivity (Wildman–Crippen MR) is 96.6 cm³/mol. The molecule has 0 aliphatic carbocycles. The van der Waals surface area contributed by atoms with Gasteiger partial charge in [0.15, 0.2) is 5.11 Å². The highest BCUT2D eigenvalue weighted by Gasteiger charge is 2.09. The van der Waals surface area contributed by atoms with E-state index in [1.165, 1.54) is 12.1 Å². The Hall–Kier alpha value is -2.47. The van der Waals surface area contributed by atoms with Gasteiger partial charge < -0.3 is 15.4 Å². The van der Waals surface area contributed by atoms with Gasteiger partial charge >= 0.3 is 5.97 Å².